The highest BCUT2D eigenvalue weighted by molar-refractivity contribution is 6.30. The molecule has 0 amide bonds. The van der Waals surface area contributed by atoms with Gasteiger partial charge >= 0.3 is 0 Å². The molecule has 4 heteroatoms. The molecule has 1 heterocycles. The first-order chi connectivity index (χ1) is 11.8. The van der Waals surface area contributed by atoms with E-state index in [9.17, 15) is 0 Å². The zero-order valence-corrected chi connectivity index (χ0v) is 14.0. The maximum Gasteiger partial charge on any atom is 0.145 e. The molecule has 2 aromatic carbocycles. The number of nitrogens with zero attached hydrogens (tertiary/aromatic N) is 1. The van der Waals surface area contributed by atoms with E-state index in [0.717, 1.165) is 36.0 Å². The van der Waals surface area contributed by atoms with Crippen LogP contribution in [0, 0.1) is 0 Å². The molecule has 3 rings (SSSR count). The van der Waals surface area contributed by atoms with Crippen LogP contribution in [0.4, 0.5) is 0 Å². The third kappa shape index (κ3) is 5.08. The SMILES string of the molecule is Clc1cccc(CCNCc2cccc(Oc3cccnc3)c2)c1. The van der Waals surface area contributed by atoms with Crippen LogP contribution in [-0.2, 0) is 13.0 Å². The number of hydrogen-bond donors (Lipinski definition) is 1. The van der Waals surface area contributed by atoms with Gasteiger partial charge in [0.05, 0.1) is 6.20 Å². The molecule has 122 valence electrons. The van der Waals surface area contributed by atoms with Gasteiger partial charge in [0.15, 0.2) is 0 Å². The van der Waals surface area contributed by atoms with Gasteiger partial charge in [-0.15, -0.1) is 0 Å². The molecule has 0 aliphatic rings. The average Bonchev–Trinajstić information content (AvgIpc) is 2.60. The molecule has 1 aromatic heterocycles. The summed E-state index contributed by atoms with van der Waals surface area (Å²) in [5.74, 6) is 1.56. The van der Waals surface area contributed by atoms with E-state index < -0.39 is 0 Å². The van der Waals surface area contributed by atoms with Crippen LogP contribution in [0.1, 0.15) is 11.1 Å². The van der Waals surface area contributed by atoms with Gasteiger partial charge in [0.2, 0.25) is 0 Å². The Balaban J connectivity index is 1.49. The maximum absolute atomic E-state index is 6.00. The quantitative estimate of drug-likeness (QED) is 0.625. The van der Waals surface area contributed by atoms with E-state index in [2.05, 4.69) is 22.4 Å². The highest BCUT2D eigenvalue weighted by Crippen LogP contribution is 2.21. The van der Waals surface area contributed by atoms with Crippen LogP contribution in [0.15, 0.2) is 73.1 Å². The minimum absolute atomic E-state index is 0.739. The summed E-state index contributed by atoms with van der Waals surface area (Å²) >= 11 is 6.00. The number of benzene rings is 2. The van der Waals surface area contributed by atoms with Crippen LogP contribution in [0.2, 0.25) is 5.02 Å². The zero-order chi connectivity index (χ0) is 16.6. The standard InChI is InChI=1S/C20H19ClN2O/c21-18-6-1-4-16(12-18)9-11-23-14-17-5-2-7-19(13-17)24-20-8-3-10-22-15-20/h1-8,10,12-13,15,23H,9,11,14H2. The summed E-state index contributed by atoms with van der Waals surface area (Å²) in [6.45, 7) is 1.69. The van der Waals surface area contributed by atoms with Crippen molar-refractivity contribution in [3.05, 3.63) is 89.2 Å². The molecule has 0 aliphatic heterocycles. The monoisotopic (exact) mass is 338 g/mol. The lowest BCUT2D eigenvalue weighted by molar-refractivity contribution is 0.479. The number of nitrogens with one attached hydrogen (secondary N) is 1. The number of halogens is 1. The first kappa shape index (κ1) is 16.5. The van der Waals surface area contributed by atoms with Gasteiger partial charge in [-0.2, -0.15) is 0 Å². The Morgan fingerprint density at radius 3 is 2.58 bits per heavy atom. The van der Waals surface area contributed by atoms with E-state index in [1.807, 2.05) is 48.5 Å². The minimum Gasteiger partial charge on any atom is -0.456 e. The second-order valence-electron chi connectivity index (χ2n) is 5.49. The number of hydrogen-bond acceptors (Lipinski definition) is 3. The summed E-state index contributed by atoms with van der Waals surface area (Å²) in [6.07, 6.45) is 4.38. The minimum atomic E-state index is 0.739. The fourth-order valence-electron chi connectivity index (χ4n) is 2.42. The van der Waals surface area contributed by atoms with E-state index in [4.69, 9.17) is 16.3 Å². The molecule has 0 bridgehead atoms. The highest BCUT2D eigenvalue weighted by Gasteiger charge is 2.00. The Bertz CT molecular complexity index is 777. The van der Waals surface area contributed by atoms with Crippen molar-refractivity contribution < 1.29 is 4.74 Å². The van der Waals surface area contributed by atoms with Crippen molar-refractivity contribution in [2.24, 2.45) is 0 Å². The van der Waals surface area contributed by atoms with Gasteiger partial charge in [-0.05, 0) is 60.5 Å². The summed E-state index contributed by atoms with van der Waals surface area (Å²) in [4.78, 5) is 4.05. The van der Waals surface area contributed by atoms with Crippen LogP contribution in [-0.4, -0.2) is 11.5 Å². The smallest absolute Gasteiger partial charge is 0.145 e. The third-order valence-corrected chi connectivity index (χ3v) is 3.81. The van der Waals surface area contributed by atoms with Crippen LogP contribution in [0.25, 0.3) is 0 Å². The highest BCUT2D eigenvalue weighted by atomic mass is 35.5. The van der Waals surface area contributed by atoms with Gasteiger partial charge < -0.3 is 10.1 Å². The predicted molar refractivity (Wildman–Crippen MR) is 97.6 cm³/mol. The first-order valence-electron chi connectivity index (χ1n) is 7.91. The van der Waals surface area contributed by atoms with Gasteiger partial charge in [0.1, 0.15) is 11.5 Å². The fourth-order valence-corrected chi connectivity index (χ4v) is 2.63. The lowest BCUT2D eigenvalue weighted by Crippen LogP contribution is -2.16. The van der Waals surface area contributed by atoms with Crippen molar-refractivity contribution in [2.75, 3.05) is 6.54 Å². The molecular formula is C20H19ClN2O. The molecule has 0 aliphatic carbocycles. The Morgan fingerprint density at radius 1 is 0.917 bits per heavy atom. The molecule has 0 fully saturated rings. The Kier molecular flexibility index (Phi) is 5.83. The summed E-state index contributed by atoms with van der Waals surface area (Å²) in [6, 6.07) is 19.8. The molecule has 0 saturated heterocycles. The van der Waals surface area contributed by atoms with Crippen molar-refractivity contribution in [1.82, 2.24) is 10.3 Å². The van der Waals surface area contributed by atoms with E-state index >= 15 is 0 Å². The molecular weight excluding hydrogens is 320 g/mol. The third-order valence-electron chi connectivity index (χ3n) is 3.58. The predicted octanol–water partition coefficient (Wildman–Crippen LogP) is 4.86. The zero-order valence-electron chi connectivity index (χ0n) is 13.3. The summed E-state index contributed by atoms with van der Waals surface area (Å²) < 4.78 is 5.80. The van der Waals surface area contributed by atoms with Crippen molar-refractivity contribution in [2.45, 2.75) is 13.0 Å². The number of ether oxygens (including phenoxy) is 1. The lowest BCUT2D eigenvalue weighted by Gasteiger charge is -2.09. The average molecular weight is 339 g/mol. The van der Waals surface area contributed by atoms with E-state index in [1.54, 1.807) is 12.4 Å². The molecule has 1 N–H and O–H groups in total. The summed E-state index contributed by atoms with van der Waals surface area (Å²) in [5.41, 5.74) is 2.42. The van der Waals surface area contributed by atoms with Gasteiger partial charge in [-0.1, -0.05) is 35.9 Å². The maximum atomic E-state index is 6.00. The molecule has 0 unspecified atom stereocenters. The number of pyridine rings is 1. The molecule has 0 saturated carbocycles. The normalized spacial score (nSPS) is 10.5. The van der Waals surface area contributed by atoms with Crippen molar-refractivity contribution in [1.29, 1.82) is 0 Å². The van der Waals surface area contributed by atoms with Crippen molar-refractivity contribution in [3.63, 3.8) is 0 Å². The van der Waals surface area contributed by atoms with Gasteiger partial charge in [0, 0.05) is 17.8 Å². The Labute approximate surface area is 147 Å². The fraction of sp³-hybridized carbons (Fsp3) is 0.150. The molecule has 3 aromatic rings. The second kappa shape index (κ2) is 8.48. The van der Waals surface area contributed by atoms with E-state index in [-0.39, 0.29) is 0 Å². The lowest BCUT2D eigenvalue weighted by atomic mass is 10.1. The molecule has 24 heavy (non-hydrogen) atoms. The number of aromatic nitrogens is 1. The van der Waals surface area contributed by atoms with Gasteiger partial charge in [0.25, 0.3) is 0 Å². The van der Waals surface area contributed by atoms with Crippen LogP contribution in [0.3, 0.4) is 0 Å². The van der Waals surface area contributed by atoms with Gasteiger partial charge in [-0.3, -0.25) is 4.98 Å². The van der Waals surface area contributed by atoms with Crippen LogP contribution >= 0.6 is 11.6 Å². The molecule has 0 radical (unpaired) electrons. The van der Waals surface area contributed by atoms with Gasteiger partial charge in [-0.25, -0.2) is 0 Å². The van der Waals surface area contributed by atoms with Crippen molar-refractivity contribution >= 4 is 11.6 Å². The van der Waals surface area contributed by atoms with Crippen LogP contribution in [0.5, 0.6) is 11.5 Å². The first-order valence-corrected chi connectivity index (χ1v) is 8.29. The Morgan fingerprint density at radius 2 is 1.75 bits per heavy atom. The molecule has 0 spiro atoms. The second-order valence-corrected chi connectivity index (χ2v) is 5.93. The summed E-state index contributed by atoms with van der Waals surface area (Å²) in [7, 11) is 0. The molecule has 0 atom stereocenters. The number of rotatable bonds is 7. The topological polar surface area (TPSA) is 34.1 Å². The molecule has 3 nitrogen and oxygen atoms in total. The summed E-state index contributed by atoms with van der Waals surface area (Å²) in [5, 5.41) is 4.23. The van der Waals surface area contributed by atoms with E-state index in [1.165, 1.54) is 11.1 Å². The van der Waals surface area contributed by atoms with Crippen LogP contribution < -0.4 is 10.1 Å². The van der Waals surface area contributed by atoms with E-state index in [0.29, 0.717) is 0 Å². The largest absolute Gasteiger partial charge is 0.456 e. The Hall–Kier alpha value is -2.36. The van der Waals surface area contributed by atoms with Crippen molar-refractivity contribution in [3.8, 4) is 11.5 Å².